The Morgan fingerprint density at radius 1 is 1.33 bits per heavy atom. The minimum absolute atomic E-state index is 0.194. The van der Waals surface area contributed by atoms with Gasteiger partial charge in [-0.3, -0.25) is 0 Å². The molecular formula is C9H12N4S2. The van der Waals surface area contributed by atoms with E-state index in [-0.39, 0.29) is 5.54 Å². The molecule has 4 nitrogen and oxygen atoms in total. The van der Waals surface area contributed by atoms with Gasteiger partial charge >= 0.3 is 0 Å². The van der Waals surface area contributed by atoms with Crippen molar-refractivity contribution < 1.29 is 0 Å². The van der Waals surface area contributed by atoms with Crippen molar-refractivity contribution in [2.45, 2.75) is 26.3 Å². The standard InChI is InChI=1S/C9H12N4S2/c1-6-12-13-8(15-6)11-9(2,3)7-10-4-5-14-7/h4-5H,1-3H3,(H,11,13). The lowest BCUT2D eigenvalue weighted by Gasteiger charge is -2.22. The van der Waals surface area contributed by atoms with E-state index in [0.29, 0.717) is 0 Å². The van der Waals surface area contributed by atoms with Gasteiger partial charge < -0.3 is 5.32 Å². The predicted octanol–water partition coefficient (Wildman–Crippen LogP) is 2.65. The maximum absolute atomic E-state index is 4.30. The number of aromatic nitrogens is 3. The van der Waals surface area contributed by atoms with Crippen molar-refractivity contribution in [3.8, 4) is 0 Å². The van der Waals surface area contributed by atoms with Crippen LogP contribution in [-0.2, 0) is 5.54 Å². The van der Waals surface area contributed by atoms with Gasteiger partial charge in [-0.1, -0.05) is 11.3 Å². The Hall–Kier alpha value is -1.01. The maximum Gasteiger partial charge on any atom is 0.206 e. The highest BCUT2D eigenvalue weighted by atomic mass is 32.1. The highest BCUT2D eigenvalue weighted by Gasteiger charge is 2.24. The fraction of sp³-hybridized carbons (Fsp3) is 0.444. The smallest absolute Gasteiger partial charge is 0.206 e. The van der Waals surface area contributed by atoms with E-state index in [2.05, 4.69) is 34.3 Å². The van der Waals surface area contributed by atoms with Crippen LogP contribution in [-0.4, -0.2) is 15.2 Å². The second-order valence-electron chi connectivity index (χ2n) is 3.71. The van der Waals surface area contributed by atoms with Crippen LogP contribution in [0.1, 0.15) is 23.9 Å². The summed E-state index contributed by atoms with van der Waals surface area (Å²) < 4.78 is 0. The third kappa shape index (κ3) is 2.32. The molecule has 0 saturated heterocycles. The van der Waals surface area contributed by atoms with E-state index in [4.69, 9.17) is 0 Å². The lowest BCUT2D eigenvalue weighted by molar-refractivity contribution is 0.602. The Morgan fingerprint density at radius 2 is 2.13 bits per heavy atom. The Bertz CT molecular complexity index is 433. The highest BCUT2D eigenvalue weighted by molar-refractivity contribution is 7.15. The molecule has 0 radical (unpaired) electrons. The molecule has 2 rings (SSSR count). The van der Waals surface area contributed by atoms with Crippen LogP contribution in [0.5, 0.6) is 0 Å². The number of thiazole rings is 1. The van der Waals surface area contributed by atoms with Crippen LogP contribution < -0.4 is 5.32 Å². The molecule has 0 aromatic carbocycles. The molecule has 15 heavy (non-hydrogen) atoms. The maximum atomic E-state index is 4.30. The second-order valence-corrected chi connectivity index (χ2v) is 5.79. The van der Waals surface area contributed by atoms with Gasteiger partial charge in [0.1, 0.15) is 10.0 Å². The monoisotopic (exact) mass is 240 g/mol. The van der Waals surface area contributed by atoms with Crippen LogP contribution in [0.2, 0.25) is 0 Å². The lowest BCUT2D eigenvalue weighted by atomic mass is 10.1. The van der Waals surface area contributed by atoms with E-state index in [9.17, 15) is 0 Å². The SMILES string of the molecule is Cc1nnc(NC(C)(C)c2nccs2)s1. The normalized spacial score (nSPS) is 11.7. The summed E-state index contributed by atoms with van der Waals surface area (Å²) in [6.45, 7) is 6.12. The molecule has 0 aliphatic carbocycles. The summed E-state index contributed by atoms with van der Waals surface area (Å²) in [5.41, 5.74) is -0.194. The molecule has 2 heterocycles. The number of nitrogens with zero attached hydrogens (tertiary/aromatic N) is 3. The molecule has 0 unspecified atom stereocenters. The number of nitrogens with one attached hydrogen (secondary N) is 1. The summed E-state index contributed by atoms with van der Waals surface area (Å²) in [7, 11) is 0. The Kier molecular flexibility index (Phi) is 2.70. The first-order valence-corrected chi connectivity index (χ1v) is 6.26. The van der Waals surface area contributed by atoms with E-state index >= 15 is 0 Å². The van der Waals surface area contributed by atoms with Gasteiger partial charge in [0.15, 0.2) is 0 Å². The van der Waals surface area contributed by atoms with Crippen LogP contribution >= 0.6 is 22.7 Å². The van der Waals surface area contributed by atoms with Gasteiger partial charge in [-0.25, -0.2) is 4.98 Å². The largest absolute Gasteiger partial charge is 0.349 e. The molecule has 1 N–H and O–H groups in total. The summed E-state index contributed by atoms with van der Waals surface area (Å²) in [5.74, 6) is 0. The van der Waals surface area contributed by atoms with Gasteiger partial charge in [-0.2, -0.15) is 0 Å². The van der Waals surface area contributed by atoms with Crippen molar-refractivity contribution >= 4 is 27.8 Å². The van der Waals surface area contributed by atoms with Crippen molar-refractivity contribution in [3.63, 3.8) is 0 Å². The molecule has 6 heteroatoms. The molecule has 80 valence electrons. The van der Waals surface area contributed by atoms with Crippen LogP contribution in [0.3, 0.4) is 0 Å². The average Bonchev–Trinajstić information content (AvgIpc) is 2.75. The Balaban J connectivity index is 2.18. The van der Waals surface area contributed by atoms with Crippen molar-refractivity contribution in [2.24, 2.45) is 0 Å². The van der Waals surface area contributed by atoms with Gasteiger partial charge in [0.05, 0.1) is 5.54 Å². The average molecular weight is 240 g/mol. The van der Waals surface area contributed by atoms with Crippen LogP contribution in [0.25, 0.3) is 0 Å². The number of rotatable bonds is 3. The molecule has 0 atom stereocenters. The van der Waals surface area contributed by atoms with Gasteiger partial charge in [-0.15, -0.1) is 21.5 Å². The summed E-state index contributed by atoms with van der Waals surface area (Å²) in [5, 5.41) is 16.2. The summed E-state index contributed by atoms with van der Waals surface area (Å²) in [6.07, 6.45) is 1.81. The molecule has 0 saturated carbocycles. The first kappa shape index (κ1) is 10.5. The molecule has 0 amide bonds. The zero-order valence-electron chi connectivity index (χ0n) is 8.81. The van der Waals surface area contributed by atoms with E-state index < -0.39 is 0 Å². The van der Waals surface area contributed by atoms with Crippen molar-refractivity contribution in [1.82, 2.24) is 15.2 Å². The second kappa shape index (κ2) is 3.86. The van der Waals surface area contributed by atoms with Crippen molar-refractivity contribution in [1.29, 1.82) is 0 Å². The van der Waals surface area contributed by atoms with Crippen LogP contribution in [0, 0.1) is 6.92 Å². The lowest BCUT2D eigenvalue weighted by Crippen LogP contribution is -2.27. The molecule has 0 bridgehead atoms. The van der Waals surface area contributed by atoms with Crippen molar-refractivity contribution in [3.05, 3.63) is 21.6 Å². The third-order valence-corrected chi connectivity index (χ3v) is 3.76. The Morgan fingerprint density at radius 3 is 2.67 bits per heavy atom. The molecule has 0 spiro atoms. The number of hydrogen-bond acceptors (Lipinski definition) is 6. The zero-order valence-corrected chi connectivity index (χ0v) is 10.4. The topological polar surface area (TPSA) is 50.7 Å². The number of hydrogen-bond donors (Lipinski definition) is 1. The quantitative estimate of drug-likeness (QED) is 0.896. The summed E-state index contributed by atoms with van der Waals surface area (Å²) in [4.78, 5) is 4.30. The van der Waals surface area contributed by atoms with Crippen LogP contribution in [0.4, 0.5) is 5.13 Å². The first-order valence-electron chi connectivity index (χ1n) is 4.56. The molecule has 2 aromatic heterocycles. The molecule has 0 aliphatic heterocycles. The van der Waals surface area contributed by atoms with Gasteiger partial charge in [-0.05, 0) is 20.8 Å². The summed E-state index contributed by atoms with van der Waals surface area (Å²) in [6, 6.07) is 0. The highest BCUT2D eigenvalue weighted by Crippen LogP contribution is 2.28. The molecule has 0 aliphatic rings. The van der Waals surface area contributed by atoms with Gasteiger partial charge in [0, 0.05) is 11.6 Å². The minimum Gasteiger partial charge on any atom is -0.349 e. The first-order chi connectivity index (χ1) is 7.08. The van der Waals surface area contributed by atoms with E-state index in [1.54, 1.807) is 22.7 Å². The number of anilines is 1. The fourth-order valence-corrected chi connectivity index (χ4v) is 2.67. The third-order valence-electron chi connectivity index (χ3n) is 1.91. The zero-order chi connectivity index (χ0) is 10.9. The molecule has 0 fully saturated rings. The van der Waals surface area contributed by atoms with E-state index in [1.807, 2.05) is 18.5 Å². The van der Waals surface area contributed by atoms with Gasteiger partial charge in [0.25, 0.3) is 0 Å². The minimum atomic E-state index is -0.194. The Labute approximate surface area is 96.4 Å². The van der Waals surface area contributed by atoms with Crippen molar-refractivity contribution in [2.75, 3.05) is 5.32 Å². The van der Waals surface area contributed by atoms with Gasteiger partial charge in [0.2, 0.25) is 5.13 Å². The fourth-order valence-electron chi connectivity index (χ4n) is 1.20. The van der Waals surface area contributed by atoms with Crippen LogP contribution in [0.15, 0.2) is 11.6 Å². The molecule has 2 aromatic rings. The number of aryl methyl sites for hydroxylation is 1. The van der Waals surface area contributed by atoms with E-state index in [0.717, 1.165) is 15.1 Å². The predicted molar refractivity (Wildman–Crippen MR) is 63.4 cm³/mol. The van der Waals surface area contributed by atoms with E-state index in [1.165, 1.54) is 0 Å². The molecular weight excluding hydrogens is 228 g/mol. The summed E-state index contributed by atoms with van der Waals surface area (Å²) >= 11 is 3.19.